The number of methoxy groups -OCH3 is 1. The van der Waals surface area contributed by atoms with Crippen LogP contribution in [-0.2, 0) is 0 Å². The third-order valence-electron chi connectivity index (χ3n) is 3.44. The molecule has 23 heavy (non-hydrogen) atoms. The molecule has 1 unspecified atom stereocenters. The number of carbonyl (C=O) groups excluding carboxylic acids is 1. The van der Waals surface area contributed by atoms with Gasteiger partial charge in [-0.2, -0.15) is 0 Å². The number of carbonyl (C=O) groups is 1. The Kier molecular flexibility index (Phi) is 5.57. The lowest BCUT2D eigenvalue weighted by Gasteiger charge is -2.15. The SMILES string of the molecule is CCOc1ccc(C(=O)NC(C)c2ccc(F)cc2)cc1OC. The maximum Gasteiger partial charge on any atom is 0.251 e. The fourth-order valence-electron chi connectivity index (χ4n) is 2.20. The lowest BCUT2D eigenvalue weighted by atomic mass is 10.1. The highest BCUT2D eigenvalue weighted by molar-refractivity contribution is 5.95. The molecule has 0 fully saturated rings. The molecule has 0 radical (unpaired) electrons. The first-order chi connectivity index (χ1) is 11.0. The minimum atomic E-state index is -0.302. The van der Waals surface area contributed by atoms with E-state index in [1.165, 1.54) is 19.2 Å². The summed E-state index contributed by atoms with van der Waals surface area (Å²) in [6, 6.07) is 10.8. The minimum Gasteiger partial charge on any atom is -0.493 e. The normalized spacial score (nSPS) is 11.7. The summed E-state index contributed by atoms with van der Waals surface area (Å²) in [6.45, 7) is 4.24. The fourth-order valence-corrected chi connectivity index (χ4v) is 2.20. The molecule has 0 saturated heterocycles. The quantitative estimate of drug-likeness (QED) is 0.883. The Morgan fingerprint density at radius 2 is 1.87 bits per heavy atom. The molecule has 0 aliphatic heterocycles. The number of rotatable bonds is 6. The van der Waals surface area contributed by atoms with Crippen molar-refractivity contribution in [2.75, 3.05) is 13.7 Å². The first kappa shape index (κ1) is 16.8. The minimum absolute atomic E-state index is 0.233. The van der Waals surface area contributed by atoms with Crippen LogP contribution in [-0.4, -0.2) is 19.6 Å². The molecule has 5 heteroatoms. The highest BCUT2D eigenvalue weighted by Gasteiger charge is 2.14. The van der Waals surface area contributed by atoms with Crippen molar-refractivity contribution in [2.45, 2.75) is 19.9 Å². The molecule has 0 heterocycles. The Labute approximate surface area is 135 Å². The van der Waals surface area contributed by atoms with Crippen molar-refractivity contribution in [2.24, 2.45) is 0 Å². The predicted molar refractivity (Wildman–Crippen MR) is 86.4 cm³/mol. The molecule has 122 valence electrons. The fraction of sp³-hybridized carbons (Fsp3) is 0.278. The zero-order chi connectivity index (χ0) is 16.8. The van der Waals surface area contributed by atoms with E-state index < -0.39 is 0 Å². The monoisotopic (exact) mass is 317 g/mol. The number of amides is 1. The molecular formula is C18H20FNO3. The van der Waals surface area contributed by atoms with E-state index in [9.17, 15) is 9.18 Å². The van der Waals surface area contributed by atoms with Crippen LogP contribution in [0.25, 0.3) is 0 Å². The van der Waals surface area contributed by atoms with Crippen molar-refractivity contribution in [3.63, 3.8) is 0 Å². The first-order valence-electron chi connectivity index (χ1n) is 7.42. The summed E-state index contributed by atoms with van der Waals surface area (Å²) in [7, 11) is 1.53. The van der Waals surface area contributed by atoms with Gasteiger partial charge < -0.3 is 14.8 Å². The summed E-state index contributed by atoms with van der Waals surface area (Å²) < 4.78 is 23.6. The largest absolute Gasteiger partial charge is 0.493 e. The van der Waals surface area contributed by atoms with Gasteiger partial charge in [0.05, 0.1) is 19.8 Å². The Balaban J connectivity index is 2.12. The molecule has 0 aliphatic rings. The van der Waals surface area contributed by atoms with Crippen LogP contribution in [0.15, 0.2) is 42.5 Å². The van der Waals surface area contributed by atoms with Crippen LogP contribution < -0.4 is 14.8 Å². The highest BCUT2D eigenvalue weighted by atomic mass is 19.1. The summed E-state index contributed by atoms with van der Waals surface area (Å²) in [5, 5.41) is 2.88. The van der Waals surface area contributed by atoms with E-state index in [-0.39, 0.29) is 17.8 Å². The van der Waals surface area contributed by atoms with Crippen LogP contribution in [0.1, 0.15) is 35.8 Å². The Hall–Kier alpha value is -2.56. The molecule has 1 amide bonds. The maximum atomic E-state index is 12.9. The lowest BCUT2D eigenvalue weighted by molar-refractivity contribution is 0.0939. The van der Waals surface area contributed by atoms with Gasteiger partial charge >= 0.3 is 0 Å². The highest BCUT2D eigenvalue weighted by Crippen LogP contribution is 2.28. The molecule has 4 nitrogen and oxygen atoms in total. The van der Waals surface area contributed by atoms with Gasteiger partial charge in [-0.15, -0.1) is 0 Å². The Morgan fingerprint density at radius 1 is 1.17 bits per heavy atom. The molecule has 0 bridgehead atoms. The molecule has 0 aliphatic carbocycles. The van der Waals surface area contributed by atoms with Gasteiger partial charge in [-0.3, -0.25) is 4.79 Å². The number of ether oxygens (including phenoxy) is 2. The summed E-state index contributed by atoms with van der Waals surface area (Å²) >= 11 is 0. The molecule has 0 aromatic heterocycles. The molecule has 2 rings (SSSR count). The van der Waals surface area contributed by atoms with Gasteiger partial charge in [0.25, 0.3) is 5.91 Å². The summed E-state index contributed by atoms with van der Waals surface area (Å²) in [5.74, 6) is 0.568. The van der Waals surface area contributed by atoms with Crippen LogP contribution in [0.5, 0.6) is 11.5 Å². The zero-order valence-corrected chi connectivity index (χ0v) is 13.4. The van der Waals surface area contributed by atoms with Gasteiger partial charge in [0.1, 0.15) is 5.82 Å². The van der Waals surface area contributed by atoms with Crippen molar-refractivity contribution < 1.29 is 18.7 Å². The van der Waals surface area contributed by atoms with Crippen LogP contribution >= 0.6 is 0 Å². The van der Waals surface area contributed by atoms with E-state index in [0.29, 0.717) is 23.7 Å². The van der Waals surface area contributed by atoms with E-state index in [1.807, 2.05) is 13.8 Å². The van der Waals surface area contributed by atoms with Gasteiger partial charge in [-0.1, -0.05) is 12.1 Å². The molecule has 1 N–H and O–H groups in total. The van der Waals surface area contributed by atoms with Crippen LogP contribution in [0.4, 0.5) is 4.39 Å². The zero-order valence-electron chi connectivity index (χ0n) is 13.4. The summed E-state index contributed by atoms with van der Waals surface area (Å²) in [6.07, 6.45) is 0. The van der Waals surface area contributed by atoms with Gasteiger partial charge in [0.15, 0.2) is 11.5 Å². The van der Waals surface area contributed by atoms with Crippen molar-refractivity contribution in [1.29, 1.82) is 0 Å². The van der Waals surface area contributed by atoms with E-state index in [1.54, 1.807) is 30.3 Å². The van der Waals surface area contributed by atoms with Gasteiger partial charge in [0.2, 0.25) is 0 Å². The van der Waals surface area contributed by atoms with E-state index in [4.69, 9.17) is 9.47 Å². The molecule has 0 saturated carbocycles. The van der Waals surface area contributed by atoms with E-state index in [0.717, 1.165) is 5.56 Å². The second kappa shape index (κ2) is 7.63. The Bertz CT molecular complexity index is 670. The van der Waals surface area contributed by atoms with Crippen LogP contribution in [0, 0.1) is 5.82 Å². The molecule has 0 spiro atoms. The third-order valence-corrected chi connectivity index (χ3v) is 3.44. The van der Waals surface area contributed by atoms with Crippen molar-refractivity contribution in [3.8, 4) is 11.5 Å². The standard InChI is InChI=1S/C18H20FNO3/c1-4-23-16-10-7-14(11-17(16)22-3)18(21)20-12(2)13-5-8-15(19)9-6-13/h5-12H,4H2,1-3H3,(H,20,21). The van der Waals surface area contributed by atoms with Gasteiger partial charge in [0, 0.05) is 5.56 Å². The van der Waals surface area contributed by atoms with Crippen molar-refractivity contribution >= 4 is 5.91 Å². The summed E-state index contributed by atoms with van der Waals surface area (Å²) in [4.78, 5) is 12.4. The number of benzene rings is 2. The lowest BCUT2D eigenvalue weighted by Crippen LogP contribution is -2.26. The third kappa shape index (κ3) is 4.22. The average molecular weight is 317 g/mol. The van der Waals surface area contributed by atoms with Gasteiger partial charge in [-0.05, 0) is 49.7 Å². The predicted octanol–water partition coefficient (Wildman–Crippen LogP) is 3.72. The summed E-state index contributed by atoms with van der Waals surface area (Å²) in [5.41, 5.74) is 1.30. The molecule has 2 aromatic carbocycles. The second-order valence-electron chi connectivity index (χ2n) is 5.05. The average Bonchev–Trinajstić information content (AvgIpc) is 2.55. The molecule has 2 aromatic rings. The van der Waals surface area contributed by atoms with Crippen molar-refractivity contribution in [3.05, 3.63) is 59.4 Å². The number of hydrogen-bond acceptors (Lipinski definition) is 3. The number of halogens is 1. The van der Waals surface area contributed by atoms with Crippen LogP contribution in [0.2, 0.25) is 0 Å². The van der Waals surface area contributed by atoms with E-state index >= 15 is 0 Å². The second-order valence-corrected chi connectivity index (χ2v) is 5.05. The van der Waals surface area contributed by atoms with Crippen LogP contribution in [0.3, 0.4) is 0 Å². The van der Waals surface area contributed by atoms with Crippen molar-refractivity contribution in [1.82, 2.24) is 5.32 Å². The molecule has 1 atom stereocenters. The Morgan fingerprint density at radius 3 is 2.48 bits per heavy atom. The molecular weight excluding hydrogens is 297 g/mol. The number of nitrogens with one attached hydrogen (secondary N) is 1. The maximum absolute atomic E-state index is 12.9. The van der Waals surface area contributed by atoms with Gasteiger partial charge in [-0.25, -0.2) is 4.39 Å². The van der Waals surface area contributed by atoms with E-state index in [2.05, 4.69) is 5.32 Å². The first-order valence-corrected chi connectivity index (χ1v) is 7.42. The topological polar surface area (TPSA) is 47.6 Å². The number of hydrogen-bond donors (Lipinski definition) is 1. The smallest absolute Gasteiger partial charge is 0.251 e.